The Morgan fingerprint density at radius 2 is 1.69 bits per heavy atom. The summed E-state index contributed by atoms with van der Waals surface area (Å²) in [5.41, 5.74) is 3.35. The van der Waals surface area contributed by atoms with Gasteiger partial charge < -0.3 is 9.73 Å². The first-order valence-corrected chi connectivity index (χ1v) is 10.2. The second-order valence-corrected chi connectivity index (χ2v) is 7.40. The highest BCUT2D eigenvalue weighted by molar-refractivity contribution is 5.76. The molecule has 1 aromatic heterocycles. The number of hydrogen-bond acceptors (Lipinski definition) is 5. The second kappa shape index (κ2) is 9.47. The van der Waals surface area contributed by atoms with Crippen LogP contribution in [0, 0.1) is 0 Å². The molecular weight excluding hydrogens is 364 g/mol. The van der Waals surface area contributed by atoms with Gasteiger partial charge in [-0.05, 0) is 49.2 Å². The maximum atomic E-state index is 12.3. The molecule has 6 nitrogen and oxygen atoms in total. The Bertz CT molecular complexity index is 933. The molecule has 0 radical (unpaired) electrons. The van der Waals surface area contributed by atoms with Crippen LogP contribution in [0.3, 0.4) is 0 Å². The van der Waals surface area contributed by atoms with Gasteiger partial charge in [0, 0.05) is 31.5 Å². The van der Waals surface area contributed by atoms with Crippen molar-refractivity contribution in [1.29, 1.82) is 0 Å². The largest absolute Gasteiger partial charge is 0.421 e. The third kappa shape index (κ3) is 5.29. The topological polar surface area (TPSA) is 71.3 Å². The van der Waals surface area contributed by atoms with Crippen LogP contribution in [0.1, 0.15) is 36.3 Å². The summed E-state index contributed by atoms with van der Waals surface area (Å²) in [5.74, 6) is 0.950. The maximum absolute atomic E-state index is 12.3. The van der Waals surface area contributed by atoms with Crippen LogP contribution in [-0.2, 0) is 24.3 Å². The highest BCUT2D eigenvalue weighted by Gasteiger charge is 2.14. The van der Waals surface area contributed by atoms with Crippen LogP contribution in [0.15, 0.2) is 59.0 Å². The summed E-state index contributed by atoms with van der Waals surface area (Å²) >= 11 is 0. The molecule has 0 atom stereocenters. The molecular formula is C23H26N4O2. The van der Waals surface area contributed by atoms with Crippen molar-refractivity contribution < 1.29 is 9.21 Å². The molecule has 1 aliphatic heterocycles. The van der Waals surface area contributed by atoms with Gasteiger partial charge in [-0.2, -0.15) is 0 Å². The molecule has 2 heterocycles. The molecule has 0 aliphatic carbocycles. The molecule has 29 heavy (non-hydrogen) atoms. The van der Waals surface area contributed by atoms with E-state index in [1.54, 1.807) is 0 Å². The predicted molar refractivity (Wildman–Crippen MR) is 111 cm³/mol. The van der Waals surface area contributed by atoms with Crippen LogP contribution in [0.5, 0.6) is 0 Å². The number of rotatable bonds is 8. The minimum Gasteiger partial charge on any atom is -0.421 e. The van der Waals surface area contributed by atoms with E-state index in [1.165, 1.54) is 24.0 Å². The Hall–Kier alpha value is -2.99. The molecule has 3 aromatic rings. The Morgan fingerprint density at radius 3 is 2.48 bits per heavy atom. The molecule has 0 bridgehead atoms. The second-order valence-electron chi connectivity index (χ2n) is 7.40. The van der Waals surface area contributed by atoms with Crippen molar-refractivity contribution in [3.63, 3.8) is 0 Å². The monoisotopic (exact) mass is 390 g/mol. The van der Waals surface area contributed by atoms with Crippen LogP contribution < -0.4 is 5.32 Å². The SMILES string of the molecule is O=C(CCc1nnc(-c2ccccc2)o1)NCc1ccccc1CN1CCCC1. The van der Waals surface area contributed by atoms with Crippen molar-refractivity contribution in [2.24, 2.45) is 0 Å². The molecule has 1 saturated heterocycles. The van der Waals surface area contributed by atoms with Gasteiger partial charge in [-0.15, -0.1) is 10.2 Å². The summed E-state index contributed by atoms with van der Waals surface area (Å²) in [6, 6.07) is 18.0. The molecule has 4 rings (SSSR count). The molecule has 0 unspecified atom stereocenters. The Labute approximate surface area is 170 Å². The van der Waals surface area contributed by atoms with Crippen molar-refractivity contribution in [1.82, 2.24) is 20.4 Å². The van der Waals surface area contributed by atoms with Crippen molar-refractivity contribution >= 4 is 5.91 Å². The van der Waals surface area contributed by atoms with Crippen LogP contribution in [0.4, 0.5) is 0 Å². The summed E-state index contributed by atoms with van der Waals surface area (Å²) in [6.45, 7) is 3.82. The summed E-state index contributed by atoms with van der Waals surface area (Å²) < 4.78 is 5.67. The van der Waals surface area contributed by atoms with Gasteiger partial charge in [0.1, 0.15) is 0 Å². The molecule has 1 N–H and O–H groups in total. The molecule has 1 fully saturated rings. The van der Waals surface area contributed by atoms with Crippen LogP contribution >= 0.6 is 0 Å². The van der Waals surface area contributed by atoms with E-state index in [-0.39, 0.29) is 5.91 Å². The smallest absolute Gasteiger partial charge is 0.247 e. The van der Waals surface area contributed by atoms with E-state index in [4.69, 9.17) is 4.42 Å². The lowest BCUT2D eigenvalue weighted by Gasteiger charge is -2.17. The third-order valence-corrected chi connectivity index (χ3v) is 5.24. The van der Waals surface area contributed by atoms with Gasteiger partial charge in [-0.1, -0.05) is 42.5 Å². The lowest BCUT2D eigenvalue weighted by molar-refractivity contribution is -0.121. The Morgan fingerprint density at radius 1 is 0.966 bits per heavy atom. The Kier molecular flexibility index (Phi) is 6.32. The lowest BCUT2D eigenvalue weighted by atomic mass is 10.1. The zero-order valence-corrected chi connectivity index (χ0v) is 16.5. The number of nitrogens with one attached hydrogen (secondary N) is 1. The zero-order valence-electron chi connectivity index (χ0n) is 16.5. The summed E-state index contributed by atoms with van der Waals surface area (Å²) in [4.78, 5) is 14.8. The Balaban J connectivity index is 1.27. The van der Waals surface area contributed by atoms with Crippen molar-refractivity contribution in [3.05, 3.63) is 71.6 Å². The number of likely N-dealkylation sites (tertiary alicyclic amines) is 1. The van der Waals surface area contributed by atoms with E-state index in [9.17, 15) is 4.79 Å². The van der Waals surface area contributed by atoms with E-state index >= 15 is 0 Å². The molecule has 150 valence electrons. The first-order valence-electron chi connectivity index (χ1n) is 10.2. The van der Waals surface area contributed by atoms with Crippen molar-refractivity contribution in [2.45, 2.75) is 38.8 Å². The highest BCUT2D eigenvalue weighted by Crippen LogP contribution is 2.18. The van der Waals surface area contributed by atoms with E-state index in [2.05, 4.69) is 38.6 Å². The summed E-state index contributed by atoms with van der Waals surface area (Å²) in [6.07, 6.45) is 3.31. The maximum Gasteiger partial charge on any atom is 0.247 e. The van der Waals surface area contributed by atoms with E-state index in [0.717, 1.165) is 25.2 Å². The fourth-order valence-corrected chi connectivity index (χ4v) is 3.62. The molecule has 1 aliphatic rings. The van der Waals surface area contributed by atoms with Crippen molar-refractivity contribution in [3.8, 4) is 11.5 Å². The van der Waals surface area contributed by atoms with Gasteiger partial charge >= 0.3 is 0 Å². The minimum atomic E-state index is -0.0135. The van der Waals surface area contributed by atoms with Crippen LogP contribution in [-0.4, -0.2) is 34.1 Å². The van der Waals surface area contributed by atoms with Gasteiger partial charge in [0.05, 0.1) is 0 Å². The number of benzene rings is 2. The number of aryl methyl sites for hydroxylation is 1. The number of amides is 1. The zero-order chi connectivity index (χ0) is 19.9. The molecule has 0 spiro atoms. The highest BCUT2D eigenvalue weighted by atomic mass is 16.4. The number of hydrogen-bond donors (Lipinski definition) is 1. The number of carbonyl (C=O) groups is 1. The average Bonchev–Trinajstić information content (AvgIpc) is 3.44. The summed E-state index contributed by atoms with van der Waals surface area (Å²) in [5, 5.41) is 11.1. The molecule has 1 amide bonds. The fourth-order valence-electron chi connectivity index (χ4n) is 3.62. The lowest BCUT2D eigenvalue weighted by Crippen LogP contribution is -2.25. The van der Waals surface area contributed by atoms with E-state index in [0.29, 0.717) is 31.2 Å². The predicted octanol–water partition coefficient (Wildman–Crippen LogP) is 3.58. The molecule has 2 aromatic carbocycles. The first-order chi connectivity index (χ1) is 14.3. The quantitative estimate of drug-likeness (QED) is 0.637. The molecule has 6 heteroatoms. The third-order valence-electron chi connectivity index (χ3n) is 5.24. The number of aromatic nitrogens is 2. The minimum absolute atomic E-state index is 0.0135. The van der Waals surface area contributed by atoms with Gasteiger partial charge in [0.25, 0.3) is 0 Å². The fraction of sp³-hybridized carbons (Fsp3) is 0.348. The van der Waals surface area contributed by atoms with Crippen LogP contribution in [0.2, 0.25) is 0 Å². The van der Waals surface area contributed by atoms with Gasteiger partial charge in [0.2, 0.25) is 17.7 Å². The normalized spacial score (nSPS) is 14.2. The first kappa shape index (κ1) is 19.3. The van der Waals surface area contributed by atoms with Crippen LogP contribution in [0.25, 0.3) is 11.5 Å². The standard InChI is InChI=1S/C23H26N4O2/c28-21(12-13-22-25-26-23(29-22)18-8-2-1-3-9-18)24-16-19-10-4-5-11-20(19)17-27-14-6-7-15-27/h1-5,8-11H,6-7,12-17H2,(H,24,28). The van der Waals surface area contributed by atoms with E-state index < -0.39 is 0 Å². The average molecular weight is 390 g/mol. The summed E-state index contributed by atoms with van der Waals surface area (Å²) in [7, 11) is 0. The molecule has 0 saturated carbocycles. The van der Waals surface area contributed by atoms with Gasteiger partial charge in [0.15, 0.2) is 0 Å². The van der Waals surface area contributed by atoms with Gasteiger partial charge in [-0.3, -0.25) is 9.69 Å². The van der Waals surface area contributed by atoms with Gasteiger partial charge in [-0.25, -0.2) is 0 Å². The number of carbonyl (C=O) groups excluding carboxylic acids is 1. The number of nitrogens with zero attached hydrogens (tertiary/aromatic N) is 3. The van der Waals surface area contributed by atoms with E-state index in [1.807, 2.05) is 36.4 Å². The van der Waals surface area contributed by atoms with Crippen molar-refractivity contribution in [2.75, 3.05) is 13.1 Å².